The van der Waals surface area contributed by atoms with Crippen molar-refractivity contribution in [3.8, 4) is 0 Å². The van der Waals surface area contributed by atoms with Crippen molar-refractivity contribution in [1.29, 1.82) is 0 Å². The van der Waals surface area contributed by atoms with Gasteiger partial charge in [0.05, 0.1) is 5.52 Å². The molecule has 0 spiro atoms. The molecule has 0 bridgehead atoms. The van der Waals surface area contributed by atoms with Crippen LogP contribution in [0.1, 0.15) is 26.3 Å². The topological polar surface area (TPSA) is 63.2 Å². The average Bonchev–Trinajstić information content (AvgIpc) is 2.42. The number of carbonyl (C=O) groups is 1. The fourth-order valence-electron chi connectivity index (χ4n) is 2.06. The number of fused-ring (bicyclic) bond motifs is 1. The summed E-state index contributed by atoms with van der Waals surface area (Å²) in [5.74, 6) is 0.838. The minimum Gasteiger partial charge on any atom is -0.444 e. The number of aromatic nitrogens is 1. The highest BCUT2D eigenvalue weighted by atomic mass is 16.6. The van der Waals surface area contributed by atoms with Crippen LogP contribution in [0, 0.1) is 6.92 Å². The molecule has 1 aromatic carbocycles. The minimum atomic E-state index is -0.478. The van der Waals surface area contributed by atoms with Crippen LogP contribution in [0.3, 0.4) is 0 Å². The second-order valence-corrected chi connectivity index (χ2v) is 6.20. The first-order chi connectivity index (χ1) is 10.3. The van der Waals surface area contributed by atoms with E-state index < -0.39 is 11.7 Å². The molecular formula is C17H23N3O2. The number of aryl methyl sites for hydroxylation is 1. The first-order valence-corrected chi connectivity index (χ1v) is 7.42. The van der Waals surface area contributed by atoms with Gasteiger partial charge in [-0.05, 0) is 45.4 Å². The van der Waals surface area contributed by atoms with Crippen LogP contribution in [-0.4, -0.2) is 29.8 Å². The van der Waals surface area contributed by atoms with Crippen LogP contribution in [0.4, 0.5) is 10.6 Å². The molecular weight excluding hydrogens is 278 g/mol. The molecule has 0 unspecified atom stereocenters. The zero-order valence-electron chi connectivity index (χ0n) is 13.6. The predicted octanol–water partition coefficient (Wildman–Crippen LogP) is 3.48. The maximum atomic E-state index is 11.5. The van der Waals surface area contributed by atoms with Crippen LogP contribution in [0.25, 0.3) is 10.9 Å². The quantitative estimate of drug-likeness (QED) is 0.849. The van der Waals surface area contributed by atoms with E-state index in [2.05, 4.69) is 21.7 Å². The second-order valence-electron chi connectivity index (χ2n) is 6.20. The Balaban J connectivity index is 1.87. The molecule has 0 radical (unpaired) electrons. The van der Waals surface area contributed by atoms with Gasteiger partial charge in [0.15, 0.2) is 0 Å². The Morgan fingerprint density at radius 3 is 2.68 bits per heavy atom. The summed E-state index contributed by atoms with van der Waals surface area (Å²) in [7, 11) is 0. The lowest BCUT2D eigenvalue weighted by Crippen LogP contribution is -2.35. The van der Waals surface area contributed by atoms with E-state index in [0.29, 0.717) is 13.1 Å². The number of alkyl carbamates (subject to hydrolysis) is 1. The molecule has 2 aromatic rings. The van der Waals surface area contributed by atoms with E-state index >= 15 is 0 Å². The van der Waals surface area contributed by atoms with Crippen molar-refractivity contribution in [3.05, 3.63) is 35.9 Å². The molecule has 5 nitrogen and oxygen atoms in total. The van der Waals surface area contributed by atoms with E-state index in [-0.39, 0.29) is 0 Å². The average molecular weight is 301 g/mol. The zero-order chi connectivity index (χ0) is 16.2. The molecule has 0 aliphatic heterocycles. The Morgan fingerprint density at radius 1 is 1.23 bits per heavy atom. The molecule has 118 valence electrons. The van der Waals surface area contributed by atoms with Gasteiger partial charge in [0, 0.05) is 18.5 Å². The molecule has 2 rings (SSSR count). The molecule has 0 aliphatic carbocycles. The van der Waals surface area contributed by atoms with Gasteiger partial charge in [0.2, 0.25) is 0 Å². The Kier molecular flexibility index (Phi) is 4.85. The molecule has 5 heteroatoms. The van der Waals surface area contributed by atoms with Gasteiger partial charge in [-0.2, -0.15) is 0 Å². The van der Waals surface area contributed by atoms with Crippen LogP contribution >= 0.6 is 0 Å². The Bertz CT molecular complexity index is 662. The van der Waals surface area contributed by atoms with E-state index in [4.69, 9.17) is 4.74 Å². The first-order valence-electron chi connectivity index (χ1n) is 7.42. The Morgan fingerprint density at radius 2 is 1.95 bits per heavy atom. The van der Waals surface area contributed by atoms with Gasteiger partial charge in [-0.1, -0.05) is 18.2 Å². The van der Waals surface area contributed by atoms with Crippen molar-refractivity contribution in [2.45, 2.75) is 33.3 Å². The SMILES string of the molecule is Cc1cc2ccccc2nc1NCCNC(=O)OC(C)(C)C. The summed E-state index contributed by atoms with van der Waals surface area (Å²) in [6.07, 6.45) is -0.405. The molecule has 0 saturated carbocycles. The van der Waals surface area contributed by atoms with Crippen LogP contribution in [-0.2, 0) is 4.74 Å². The van der Waals surface area contributed by atoms with Gasteiger partial charge in [-0.15, -0.1) is 0 Å². The summed E-state index contributed by atoms with van der Waals surface area (Å²) in [6, 6.07) is 10.1. The van der Waals surface area contributed by atoms with Gasteiger partial charge >= 0.3 is 6.09 Å². The third kappa shape index (κ3) is 4.62. The summed E-state index contributed by atoms with van der Waals surface area (Å²) in [5, 5.41) is 7.08. The number of ether oxygens (including phenoxy) is 1. The lowest BCUT2D eigenvalue weighted by Gasteiger charge is -2.19. The lowest BCUT2D eigenvalue weighted by molar-refractivity contribution is 0.0530. The van der Waals surface area contributed by atoms with E-state index in [0.717, 1.165) is 22.3 Å². The van der Waals surface area contributed by atoms with Crippen molar-refractivity contribution in [2.24, 2.45) is 0 Å². The number of pyridine rings is 1. The number of anilines is 1. The number of rotatable bonds is 4. The fraction of sp³-hybridized carbons (Fsp3) is 0.412. The smallest absolute Gasteiger partial charge is 0.407 e. The lowest BCUT2D eigenvalue weighted by atomic mass is 10.1. The van der Waals surface area contributed by atoms with Crippen molar-refractivity contribution in [3.63, 3.8) is 0 Å². The number of benzene rings is 1. The molecule has 22 heavy (non-hydrogen) atoms. The molecule has 0 saturated heterocycles. The van der Waals surface area contributed by atoms with E-state index in [1.165, 1.54) is 0 Å². The first kappa shape index (κ1) is 16.1. The largest absolute Gasteiger partial charge is 0.444 e. The van der Waals surface area contributed by atoms with Crippen molar-refractivity contribution >= 4 is 22.8 Å². The summed E-state index contributed by atoms with van der Waals surface area (Å²) in [4.78, 5) is 16.1. The number of carbonyl (C=O) groups excluding carboxylic acids is 1. The van der Waals surface area contributed by atoms with E-state index in [9.17, 15) is 4.79 Å². The molecule has 1 amide bonds. The fourth-order valence-corrected chi connectivity index (χ4v) is 2.06. The van der Waals surface area contributed by atoms with Gasteiger partial charge < -0.3 is 15.4 Å². The number of amides is 1. The highest BCUT2D eigenvalue weighted by Crippen LogP contribution is 2.19. The monoisotopic (exact) mass is 301 g/mol. The van der Waals surface area contributed by atoms with Crippen LogP contribution in [0.5, 0.6) is 0 Å². The molecule has 0 fully saturated rings. The standard InChI is InChI=1S/C17H23N3O2/c1-12-11-13-7-5-6-8-14(13)20-15(12)18-9-10-19-16(21)22-17(2,3)4/h5-8,11H,9-10H2,1-4H3,(H,18,20)(H,19,21). The van der Waals surface area contributed by atoms with Gasteiger partial charge in [-0.3, -0.25) is 0 Å². The summed E-state index contributed by atoms with van der Waals surface area (Å²) in [6.45, 7) is 8.60. The van der Waals surface area contributed by atoms with Crippen molar-refractivity contribution in [1.82, 2.24) is 10.3 Å². The molecule has 0 aliphatic rings. The number of para-hydroxylation sites is 1. The van der Waals surface area contributed by atoms with Crippen LogP contribution in [0.2, 0.25) is 0 Å². The van der Waals surface area contributed by atoms with Gasteiger partial charge in [0.25, 0.3) is 0 Å². The van der Waals surface area contributed by atoms with E-state index in [1.807, 2.05) is 52.0 Å². The Hall–Kier alpha value is -2.30. The molecule has 2 N–H and O–H groups in total. The van der Waals surface area contributed by atoms with Crippen molar-refractivity contribution < 1.29 is 9.53 Å². The second kappa shape index (κ2) is 6.64. The van der Waals surface area contributed by atoms with Crippen LogP contribution < -0.4 is 10.6 Å². The predicted molar refractivity (Wildman–Crippen MR) is 89.2 cm³/mol. The summed E-state index contributed by atoms with van der Waals surface area (Å²) >= 11 is 0. The van der Waals surface area contributed by atoms with Crippen LogP contribution in [0.15, 0.2) is 30.3 Å². The van der Waals surface area contributed by atoms with Gasteiger partial charge in [-0.25, -0.2) is 9.78 Å². The molecule has 1 heterocycles. The van der Waals surface area contributed by atoms with Crippen molar-refractivity contribution in [2.75, 3.05) is 18.4 Å². The third-order valence-electron chi connectivity index (χ3n) is 3.00. The molecule has 0 atom stereocenters. The third-order valence-corrected chi connectivity index (χ3v) is 3.00. The minimum absolute atomic E-state index is 0.405. The number of hydrogen-bond acceptors (Lipinski definition) is 4. The Labute approximate surface area is 131 Å². The number of nitrogens with one attached hydrogen (secondary N) is 2. The summed E-state index contributed by atoms with van der Waals surface area (Å²) in [5.41, 5.74) is 1.56. The maximum Gasteiger partial charge on any atom is 0.407 e. The van der Waals surface area contributed by atoms with E-state index in [1.54, 1.807) is 0 Å². The highest BCUT2D eigenvalue weighted by molar-refractivity contribution is 5.81. The maximum absolute atomic E-state index is 11.5. The van der Waals surface area contributed by atoms with Gasteiger partial charge in [0.1, 0.15) is 11.4 Å². The number of nitrogens with zero attached hydrogens (tertiary/aromatic N) is 1. The molecule has 1 aromatic heterocycles. The summed E-state index contributed by atoms with van der Waals surface area (Å²) < 4.78 is 5.18. The normalized spacial score (nSPS) is 11.3. The highest BCUT2D eigenvalue weighted by Gasteiger charge is 2.15. The number of hydrogen-bond donors (Lipinski definition) is 2. The zero-order valence-corrected chi connectivity index (χ0v) is 13.6.